The number of oxime groups is 1. The molecule has 3 heterocycles. The van der Waals surface area contributed by atoms with Gasteiger partial charge >= 0.3 is 16.1 Å². The fraction of sp³-hybridized carbons (Fsp3) is 0.171. The summed E-state index contributed by atoms with van der Waals surface area (Å²) in [5.41, 5.74) is 8.14. The van der Waals surface area contributed by atoms with E-state index in [0.717, 1.165) is 23.2 Å². The average molecular weight is 746 g/mol. The number of nitrogens with two attached hydrogens (primary N) is 1. The van der Waals surface area contributed by atoms with Crippen LogP contribution in [0, 0.1) is 6.92 Å². The van der Waals surface area contributed by atoms with E-state index in [1.807, 2.05) is 67.6 Å². The van der Waals surface area contributed by atoms with E-state index in [-0.39, 0.29) is 38.5 Å². The number of thiazole rings is 1. The van der Waals surface area contributed by atoms with E-state index in [1.165, 1.54) is 47.4 Å². The van der Waals surface area contributed by atoms with Crippen molar-refractivity contribution in [1.29, 1.82) is 0 Å². The Kier molecular flexibility index (Phi) is 10.5. The Bertz CT molecular complexity index is 2100. The van der Waals surface area contributed by atoms with Gasteiger partial charge in [0.15, 0.2) is 16.9 Å². The monoisotopic (exact) mass is 745 g/mol. The second kappa shape index (κ2) is 15.2. The van der Waals surface area contributed by atoms with Crippen molar-refractivity contribution in [1.82, 2.24) is 15.2 Å². The summed E-state index contributed by atoms with van der Waals surface area (Å²) in [5.74, 6) is -2.03. The predicted molar refractivity (Wildman–Crippen MR) is 192 cm³/mol. The third-order valence-corrected chi connectivity index (χ3v) is 11.0. The highest BCUT2D eigenvalue weighted by Gasteiger charge is 2.55. The second-order valence-electron chi connectivity index (χ2n) is 11.2. The van der Waals surface area contributed by atoms with Crippen LogP contribution < -0.4 is 11.1 Å². The smallest absolute Gasteiger partial charge is 0.356 e. The number of hydrogen-bond acceptors (Lipinski definition) is 13. The number of benzene rings is 3. The van der Waals surface area contributed by atoms with Crippen LogP contribution in [0.15, 0.2) is 124 Å². The molecule has 51 heavy (non-hydrogen) atoms. The van der Waals surface area contributed by atoms with E-state index in [9.17, 15) is 22.8 Å². The van der Waals surface area contributed by atoms with Gasteiger partial charge in [-0.05, 0) is 41.8 Å². The average Bonchev–Trinajstić information content (AvgIpc) is 3.57. The van der Waals surface area contributed by atoms with Gasteiger partial charge in [0, 0.05) is 11.1 Å². The van der Waals surface area contributed by atoms with E-state index in [2.05, 4.69) is 15.5 Å². The summed E-state index contributed by atoms with van der Waals surface area (Å²) in [7, 11) is -2.91. The van der Waals surface area contributed by atoms with Crippen molar-refractivity contribution in [3.63, 3.8) is 0 Å². The fourth-order valence-electron chi connectivity index (χ4n) is 5.35. The number of allylic oxidation sites excluding steroid dienone is 1. The van der Waals surface area contributed by atoms with E-state index >= 15 is 0 Å². The molecule has 1 fully saturated rings. The molecule has 0 saturated carbocycles. The number of amides is 2. The Labute approximate surface area is 301 Å². The fourth-order valence-corrected chi connectivity index (χ4v) is 8.00. The van der Waals surface area contributed by atoms with Gasteiger partial charge < -0.3 is 24.8 Å². The molecule has 1 aromatic heterocycles. The lowest BCUT2D eigenvalue weighted by Crippen LogP contribution is -2.71. The number of aromatic nitrogens is 1. The van der Waals surface area contributed by atoms with Crippen molar-refractivity contribution >= 4 is 61.8 Å². The number of nitrogens with one attached hydrogen (secondary N) is 1. The number of β-lactam (4-membered cyclic amide) rings is 1. The summed E-state index contributed by atoms with van der Waals surface area (Å²) in [4.78, 5) is 51.4. The molecule has 0 spiro atoms. The molecular formula is C35H31N5O8S3. The number of nitrogen functional groups attached to an aromatic ring is 1. The molecule has 2 unspecified atom stereocenters. The molecule has 2 amide bonds. The van der Waals surface area contributed by atoms with E-state index in [0.29, 0.717) is 11.1 Å². The largest absolute Gasteiger partial charge is 0.448 e. The van der Waals surface area contributed by atoms with Crippen molar-refractivity contribution < 1.29 is 36.6 Å². The first kappa shape index (κ1) is 35.4. The van der Waals surface area contributed by atoms with Gasteiger partial charge in [0.05, 0.1) is 0 Å². The molecule has 2 aliphatic heterocycles. The van der Waals surface area contributed by atoms with Crippen LogP contribution in [0.25, 0.3) is 0 Å². The summed E-state index contributed by atoms with van der Waals surface area (Å²) in [6.07, 6.45) is 1.44. The normalized spacial score (nSPS) is 17.6. The molecule has 1 saturated heterocycles. The summed E-state index contributed by atoms with van der Waals surface area (Å²) in [5, 5.41) is 7.48. The van der Waals surface area contributed by atoms with Crippen molar-refractivity contribution in [2.24, 2.45) is 5.16 Å². The maximum absolute atomic E-state index is 14.2. The molecule has 2 aliphatic rings. The summed E-state index contributed by atoms with van der Waals surface area (Å²) < 4.78 is 37.0. The topological polar surface area (TPSA) is 180 Å². The van der Waals surface area contributed by atoms with Gasteiger partial charge in [-0.15, -0.1) is 23.1 Å². The van der Waals surface area contributed by atoms with Gasteiger partial charge in [-0.25, -0.2) is 9.78 Å². The Balaban J connectivity index is 1.31. The molecular weight excluding hydrogens is 715 g/mol. The van der Waals surface area contributed by atoms with Crippen molar-refractivity contribution in [2.75, 3.05) is 18.6 Å². The Morgan fingerprint density at radius 2 is 1.69 bits per heavy atom. The first-order valence-corrected chi connectivity index (χ1v) is 18.7. The number of hydrogen-bond donors (Lipinski definition) is 2. The van der Waals surface area contributed by atoms with Gasteiger partial charge in [0.2, 0.25) is 0 Å². The minimum atomic E-state index is -4.18. The zero-order valence-electron chi connectivity index (χ0n) is 27.2. The van der Waals surface area contributed by atoms with Crippen LogP contribution in [-0.4, -0.2) is 66.1 Å². The number of fused-ring (bicyclic) bond motifs is 1. The summed E-state index contributed by atoms with van der Waals surface area (Å²) in [6.45, 7) is 1.83. The molecule has 6 rings (SSSR count). The highest BCUT2D eigenvalue weighted by Crippen LogP contribution is 2.42. The number of aryl methyl sites for hydroxylation is 1. The van der Waals surface area contributed by atoms with Gasteiger partial charge in [-0.3, -0.25) is 14.5 Å². The predicted octanol–water partition coefficient (Wildman–Crippen LogP) is 4.29. The molecule has 13 nitrogen and oxygen atoms in total. The number of carbonyl (C=O) groups is 3. The SMILES string of the molecule is CO/N=C(\C(=O)NC1C(=O)N2C(C(=O)OC(c3ccccc3)c3ccccc3)=C(/C=C/OS(=O)(=O)c3ccc(C)cc3)CSC12)c1csc(N)n1. The molecule has 0 aliphatic carbocycles. The van der Waals surface area contributed by atoms with Crippen LogP contribution >= 0.6 is 23.1 Å². The standard InChI is InChI=1S/C35H31N5O8S3/c1-21-13-15-25(16-14-21)51(44,45)47-18-17-24-19-49-33-28(38-31(41)27(39-46-2)26-20-50-35(36)37-26)32(42)40(33)29(24)34(43)48-30(22-9-5-3-6-10-22)23-11-7-4-8-12-23/h3-18,20,28,30,33H,19H2,1-2H3,(H2,36,37)(H,38,41)/b18-17+,39-27-. The maximum atomic E-state index is 14.2. The van der Waals surface area contributed by atoms with Crippen LogP contribution in [0.1, 0.15) is 28.5 Å². The van der Waals surface area contributed by atoms with E-state index < -0.39 is 45.4 Å². The zero-order chi connectivity index (χ0) is 36.1. The van der Waals surface area contributed by atoms with Gasteiger partial charge in [0.1, 0.15) is 41.1 Å². The molecule has 3 N–H and O–H groups in total. The highest BCUT2D eigenvalue weighted by molar-refractivity contribution is 8.00. The number of rotatable bonds is 12. The number of esters is 1. The first-order valence-electron chi connectivity index (χ1n) is 15.4. The number of carbonyl (C=O) groups excluding carboxylic acids is 3. The molecule has 0 radical (unpaired) electrons. The van der Waals surface area contributed by atoms with E-state index in [1.54, 1.807) is 12.1 Å². The minimum absolute atomic E-state index is 0.0498. The van der Waals surface area contributed by atoms with Crippen molar-refractivity contribution in [3.8, 4) is 0 Å². The molecule has 16 heteroatoms. The molecule has 4 aromatic rings. The van der Waals surface area contributed by atoms with Crippen LogP contribution in [0.2, 0.25) is 0 Å². The van der Waals surface area contributed by atoms with Gasteiger partial charge in [0.25, 0.3) is 11.8 Å². The number of ether oxygens (including phenoxy) is 1. The molecule has 3 aromatic carbocycles. The number of nitrogens with zero attached hydrogens (tertiary/aromatic N) is 3. The summed E-state index contributed by atoms with van der Waals surface area (Å²) >= 11 is 2.36. The first-order chi connectivity index (χ1) is 24.6. The Hall–Kier alpha value is -5.45. The summed E-state index contributed by atoms with van der Waals surface area (Å²) in [6, 6.07) is 23.3. The zero-order valence-corrected chi connectivity index (χ0v) is 29.6. The van der Waals surface area contributed by atoms with Crippen LogP contribution in [0.4, 0.5) is 5.13 Å². The van der Waals surface area contributed by atoms with Crippen LogP contribution in [-0.2, 0) is 38.3 Å². The Morgan fingerprint density at radius 1 is 1.04 bits per heavy atom. The van der Waals surface area contributed by atoms with Crippen LogP contribution in [0.5, 0.6) is 0 Å². The lowest BCUT2D eigenvalue weighted by molar-refractivity contribution is -0.154. The van der Waals surface area contributed by atoms with Gasteiger partial charge in [-0.2, -0.15) is 8.42 Å². The quantitative estimate of drug-likeness (QED) is 0.0528. The lowest BCUT2D eigenvalue weighted by Gasteiger charge is -2.49. The number of anilines is 1. The highest BCUT2D eigenvalue weighted by atomic mass is 32.2. The van der Waals surface area contributed by atoms with Crippen molar-refractivity contribution in [3.05, 3.63) is 136 Å². The van der Waals surface area contributed by atoms with E-state index in [4.69, 9.17) is 19.5 Å². The second-order valence-corrected chi connectivity index (χ2v) is 14.8. The minimum Gasteiger partial charge on any atom is -0.448 e. The maximum Gasteiger partial charge on any atom is 0.356 e. The molecule has 262 valence electrons. The van der Waals surface area contributed by atoms with Crippen molar-refractivity contribution in [2.45, 2.75) is 29.3 Å². The third kappa shape index (κ3) is 7.67. The van der Waals surface area contributed by atoms with Crippen LogP contribution in [0.3, 0.4) is 0 Å². The molecule has 2 atom stereocenters. The Morgan fingerprint density at radius 3 is 2.27 bits per heavy atom. The number of thioether (sulfide) groups is 1. The lowest BCUT2D eigenvalue weighted by atomic mass is 10.0. The molecule has 0 bridgehead atoms. The van der Waals surface area contributed by atoms with Gasteiger partial charge in [-0.1, -0.05) is 83.5 Å². The third-order valence-electron chi connectivity index (χ3n) is 7.83.